The quantitative estimate of drug-likeness (QED) is 0.578. The zero-order valence-electron chi connectivity index (χ0n) is 10.6. The number of nitrogens with zero attached hydrogens (tertiary/aromatic N) is 1. The molecule has 0 aliphatic carbocycles. The first-order valence-corrected chi connectivity index (χ1v) is 6.16. The van der Waals surface area contributed by atoms with Crippen molar-refractivity contribution >= 4 is 17.0 Å². The number of fused-ring (bicyclic) bond motifs is 4. The van der Waals surface area contributed by atoms with Crippen LogP contribution in [0.5, 0.6) is 23.0 Å². The summed E-state index contributed by atoms with van der Waals surface area (Å²) in [6.45, 7) is 0. The van der Waals surface area contributed by atoms with Crippen LogP contribution in [0.2, 0.25) is 0 Å². The molecule has 0 unspecified atom stereocenters. The summed E-state index contributed by atoms with van der Waals surface area (Å²) in [5.41, 5.74) is 1.39. The van der Waals surface area contributed by atoms with E-state index < -0.39 is 0 Å². The van der Waals surface area contributed by atoms with Gasteiger partial charge in [-0.1, -0.05) is 5.16 Å². The number of benzene rings is 2. The third-order valence-corrected chi connectivity index (χ3v) is 3.28. The van der Waals surface area contributed by atoms with Gasteiger partial charge in [0.05, 0.1) is 5.39 Å². The lowest BCUT2D eigenvalue weighted by molar-refractivity contribution is 0.322. The molecule has 0 amide bonds. The van der Waals surface area contributed by atoms with E-state index in [-0.39, 0.29) is 17.2 Å². The molecule has 2 heterocycles. The number of phenols is 3. The van der Waals surface area contributed by atoms with Crippen molar-refractivity contribution in [1.29, 1.82) is 0 Å². The van der Waals surface area contributed by atoms with Crippen molar-refractivity contribution in [3.8, 4) is 23.0 Å². The molecule has 6 heteroatoms. The second kappa shape index (κ2) is 3.92. The third-order valence-electron chi connectivity index (χ3n) is 3.28. The van der Waals surface area contributed by atoms with Gasteiger partial charge >= 0.3 is 0 Å². The van der Waals surface area contributed by atoms with E-state index in [1.54, 1.807) is 12.1 Å². The first-order chi connectivity index (χ1) is 10.1. The largest absolute Gasteiger partial charge is 0.508 e. The Morgan fingerprint density at radius 1 is 0.952 bits per heavy atom. The Hall–Kier alpha value is -3.15. The molecule has 4 rings (SSSR count). The van der Waals surface area contributed by atoms with Gasteiger partial charge in [0.15, 0.2) is 16.5 Å². The fourth-order valence-electron chi connectivity index (χ4n) is 2.34. The number of rotatable bonds is 0. The van der Waals surface area contributed by atoms with Gasteiger partial charge in [0, 0.05) is 23.8 Å². The lowest BCUT2D eigenvalue weighted by Crippen LogP contribution is -2.20. The Labute approximate surface area is 117 Å². The van der Waals surface area contributed by atoms with E-state index in [1.807, 2.05) is 0 Å². The molecular weight excluding hydrogens is 274 g/mol. The molecule has 6 nitrogen and oxygen atoms in total. The van der Waals surface area contributed by atoms with E-state index in [1.165, 1.54) is 24.3 Å². The highest BCUT2D eigenvalue weighted by molar-refractivity contribution is 5.85. The smallest absolute Gasteiger partial charge is 0.169 e. The molecule has 1 aliphatic heterocycles. The monoisotopic (exact) mass is 283 g/mol. The van der Waals surface area contributed by atoms with Crippen molar-refractivity contribution in [3.05, 3.63) is 46.7 Å². The number of furan rings is 1. The zero-order chi connectivity index (χ0) is 14.6. The fourth-order valence-corrected chi connectivity index (χ4v) is 2.34. The molecule has 0 saturated heterocycles. The van der Waals surface area contributed by atoms with Gasteiger partial charge in [0.2, 0.25) is 0 Å². The average molecular weight is 283 g/mol. The minimum atomic E-state index is -0.149. The first-order valence-electron chi connectivity index (χ1n) is 6.16. The molecule has 0 spiro atoms. The molecule has 1 aromatic heterocycles. The van der Waals surface area contributed by atoms with Gasteiger partial charge in [-0.25, -0.2) is 0 Å². The Bertz CT molecular complexity index is 1000. The molecule has 3 N–H and O–H groups in total. The minimum absolute atomic E-state index is 0.0634. The highest BCUT2D eigenvalue weighted by Crippen LogP contribution is 2.29. The van der Waals surface area contributed by atoms with Crippen LogP contribution >= 0.6 is 0 Å². The van der Waals surface area contributed by atoms with E-state index in [4.69, 9.17) is 9.25 Å². The van der Waals surface area contributed by atoms with Gasteiger partial charge in [-0.2, -0.15) is 0 Å². The van der Waals surface area contributed by atoms with Crippen molar-refractivity contribution in [2.24, 2.45) is 5.16 Å². The van der Waals surface area contributed by atoms with Crippen molar-refractivity contribution in [2.45, 2.75) is 0 Å². The van der Waals surface area contributed by atoms with Crippen molar-refractivity contribution < 1.29 is 24.6 Å². The predicted octanol–water partition coefficient (Wildman–Crippen LogP) is 1.31. The van der Waals surface area contributed by atoms with Gasteiger partial charge in [-0.05, 0) is 18.2 Å². The zero-order valence-corrected chi connectivity index (χ0v) is 10.6. The van der Waals surface area contributed by atoms with Crippen LogP contribution in [0.3, 0.4) is 0 Å². The highest BCUT2D eigenvalue weighted by Gasteiger charge is 2.15. The van der Waals surface area contributed by atoms with Gasteiger partial charge in [-0.15, -0.1) is 0 Å². The molecule has 104 valence electrons. The third kappa shape index (κ3) is 1.69. The number of aromatic hydroxyl groups is 3. The van der Waals surface area contributed by atoms with Crippen molar-refractivity contribution in [2.75, 3.05) is 0 Å². The number of phenolic OH excluding ortho intramolecular Hbond substituents is 3. The number of hydrogen-bond donors (Lipinski definition) is 3. The summed E-state index contributed by atoms with van der Waals surface area (Å²) in [5.74, 6) is 0.195. The van der Waals surface area contributed by atoms with Gasteiger partial charge < -0.3 is 24.6 Å². The topological polar surface area (TPSA) is 95.4 Å². The Morgan fingerprint density at radius 2 is 1.81 bits per heavy atom. The Balaban J connectivity index is 2.11. The summed E-state index contributed by atoms with van der Waals surface area (Å²) in [6.07, 6.45) is 1.69. The standard InChI is InChI=1S/C15H9NO5/c17-8-2-1-7-3-13-15(16-21-11(7)5-8)14-10(19)4-9(18)6-12(14)20-13/h1-6,17-19H. The molecule has 0 radical (unpaired) electrons. The maximum Gasteiger partial charge on any atom is 0.169 e. The molecular formula is C15H9NO5. The average Bonchev–Trinajstić information content (AvgIpc) is 2.67. The molecule has 2 aromatic carbocycles. The molecule has 0 bridgehead atoms. The van der Waals surface area contributed by atoms with E-state index >= 15 is 0 Å². The maximum atomic E-state index is 9.96. The van der Waals surface area contributed by atoms with Gasteiger partial charge in [0.25, 0.3) is 0 Å². The predicted molar refractivity (Wildman–Crippen MR) is 72.6 cm³/mol. The van der Waals surface area contributed by atoms with E-state index in [9.17, 15) is 15.3 Å². The van der Waals surface area contributed by atoms with Gasteiger partial charge in [-0.3, -0.25) is 0 Å². The molecule has 0 fully saturated rings. The molecule has 1 aliphatic rings. The summed E-state index contributed by atoms with van der Waals surface area (Å²) in [4.78, 5) is 5.31. The van der Waals surface area contributed by atoms with Crippen molar-refractivity contribution in [1.82, 2.24) is 0 Å². The van der Waals surface area contributed by atoms with Crippen LogP contribution in [0.15, 0.2) is 39.9 Å². The Kier molecular flexibility index (Phi) is 2.18. The van der Waals surface area contributed by atoms with E-state index in [0.29, 0.717) is 33.1 Å². The van der Waals surface area contributed by atoms with Crippen LogP contribution in [-0.4, -0.2) is 15.3 Å². The highest BCUT2D eigenvalue weighted by atomic mass is 16.6. The normalized spacial score (nSPS) is 12.6. The lowest BCUT2D eigenvalue weighted by atomic mass is 10.1. The van der Waals surface area contributed by atoms with Crippen LogP contribution in [0, 0.1) is 0 Å². The number of hydrogen-bond acceptors (Lipinski definition) is 6. The summed E-state index contributed by atoms with van der Waals surface area (Å²) < 4.78 is 5.61. The van der Waals surface area contributed by atoms with Crippen molar-refractivity contribution in [3.63, 3.8) is 0 Å². The lowest BCUT2D eigenvalue weighted by Gasteiger charge is -2.02. The van der Waals surface area contributed by atoms with Crippen LogP contribution in [0.1, 0.15) is 5.56 Å². The molecule has 21 heavy (non-hydrogen) atoms. The van der Waals surface area contributed by atoms with Crippen LogP contribution in [0.4, 0.5) is 0 Å². The molecule has 0 saturated carbocycles. The summed E-state index contributed by atoms with van der Waals surface area (Å²) in [7, 11) is 0. The minimum Gasteiger partial charge on any atom is -0.508 e. The molecule has 3 aromatic rings. The maximum absolute atomic E-state index is 9.96. The second-order valence-electron chi connectivity index (χ2n) is 4.70. The summed E-state index contributed by atoms with van der Waals surface area (Å²) >= 11 is 0. The van der Waals surface area contributed by atoms with E-state index in [0.717, 1.165) is 0 Å². The SMILES string of the molecule is Oc1ccc2c(c1)ON=c1c(oc3cc(O)cc(O)c13)=C2. The first kappa shape index (κ1) is 11.7. The second-order valence-corrected chi connectivity index (χ2v) is 4.70. The van der Waals surface area contributed by atoms with E-state index in [2.05, 4.69) is 5.16 Å². The fraction of sp³-hybridized carbons (Fsp3) is 0. The van der Waals surface area contributed by atoms with Crippen LogP contribution in [-0.2, 0) is 0 Å². The van der Waals surface area contributed by atoms with Gasteiger partial charge in [0.1, 0.15) is 22.8 Å². The van der Waals surface area contributed by atoms with Crippen LogP contribution < -0.4 is 15.6 Å². The van der Waals surface area contributed by atoms with Crippen LogP contribution in [0.25, 0.3) is 17.0 Å². The summed E-state index contributed by atoms with van der Waals surface area (Å²) in [6, 6.07) is 7.23. The Morgan fingerprint density at radius 3 is 2.67 bits per heavy atom. The summed E-state index contributed by atoms with van der Waals surface area (Å²) in [5, 5.41) is 33.6. The molecule has 0 atom stereocenters.